The fraction of sp³-hybridized carbons (Fsp3) is 0.679. The van der Waals surface area contributed by atoms with Crippen molar-refractivity contribution in [3.05, 3.63) is 24.8 Å². The molecule has 1 saturated heterocycles. The number of hydrogen-bond donors (Lipinski definition) is 3. The van der Waals surface area contributed by atoms with Crippen molar-refractivity contribution in [2.45, 2.75) is 88.7 Å². The summed E-state index contributed by atoms with van der Waals surface area (Å²) in [5.74, 6) is -2.48. The van der Waals surface area contributed by atoms with Gasteiger partial charge in [-0.05, 0) is 77.7 Å². The summed E-state index contributed by atoms with van der Waals surface area (Å²) in [5.41, 5.74) is 4.67. The molecule has 4 atom stereocenters. The van der Waals surface area contributed by atoms with Crippen LogP contribution in [0.5, 0.6) is 0 Å². The number of nitrogens with one attached hydrogen (secondary N) is 2. The van der Waals surface area contributed by atoms with E-state index in [1.807, 2.05) is 12.2 Å². The van der Waals surface area contributed by atoms with Crippen LogP contribution in [0.1, 0.15) is 65.7 Å². The minimum atomic E-state index is -3.56. The highest BCUT2D eigenvalue weighted by atomic mass is 32.2. The Balaban J connectivity index is 1.58. The molecule has 1 aliphatic heterocycles. The van der Waals surface area contributed by atoms with E-state index < -0.39 is 62.7 Å². The summed E-state index contributed by atoms with van der Waals surface area (Å²) in [5, 5.41) is 2.10. The first kappa shape index (κ1) is 33.1. The first-order valence-electron chi connectivity index (χ1n) is 14.4. The molecule has 0 bridgehead atoms. The van der Waals surface area contributed by atoms with Gasteiger partial charge in [-0.15, -0.1) is 0 Å². The largest absolute Gasteiger partial charge is 0.444 e. The Morgan fingerprint density at radius 3 is 2.45 bits per heavy atom. The molecule has 2 aliphatic carbocycles. The van der Waals surface area contributed by atoms with Crippen molar-refractivity contribution in [1.29, 1.82) is 0 Å². The molecule has 14 heteroatoms. The summed E-state index contributed by atoms with van der Waals surface area (Å²) in [6.45, 7) is 8.95. The Kier molecular flexibility index (Phi) is 10.8. The van der Waals surface area contributed by atoms with Crippen LogP contribution in [-0.4, -0.2) is 90.5 Å². The fourth-order valence-corrected chi connectivity index (χ4v) is 6.24. The van der Waals surface area contributed by atoms with Gasteiger partial charge in [-0.2, -0.15) is 0 Å². The Morgan fingerprint density at radius 1 is 1.17 bits per heavy atom. The van der Waals surface area contributed by atoms with Gasteiger partial charge in [0.2, 0.25) is 33.7 Å². The number of rotatable bonds is 14. The fourth-order valence-electron chi connectivity index (χ4n) is 4.88. The highest BCUT2D eigenvalue weighted by Crippen LogP contribution is 2.40. The van der Waals surface area contributed by atoms with Crippen molar-refractivity contribution >= 4 is 39.7 Å². The Labute approximate surface area is 247 Å². The SMILES string of the molecule is C=CC(=O)N(CCC/C=C\[C@@H]1C[C@@H]1C(=O)NS(=O)(=O)C1CC1)C[C@H](NC(=O)OC(C)(C)C)C(=O)N1CCCC1C(N)=O. The summed E-state index contributed by atoms with van der Waals surface area (Å²) in [7, 11) is -3.56. The number of allylic oxidation sites excluding steroid dienone is 2. The summed E-state index contributed by atoms with van der Waals surface area (Å²) < 4.78 is 31.5. The number of ether oxygens (including phenoxy) is 1. The smallest absolute Gasteiger partial charge is 0.408 e. The maximum Gasteiger partial charge on any atom is 0.408 e. The number of nitrogens with zero attached hydrogens (tertiary/aromatic N) is 2. The normalized spacial score (nSPS) is 22.7. The van der Waals surface area contributed by atoms with Crippen LogP contribution < -0.4 is 15.8 Å². The zero-order valence-electron chi connectivity index (χ0n) is 24.5. The van der Waals surface area contributed by atoms with Gasteiger partial charge in [-0.3, -0.25) is 23.9 Å². The van der Waals surface area contributed by atoms with Crippen LogP contribution in [-0.2, 0) is 33.9 Å². The lowest BCUT2D eigenvalue weighted by molar-refractivity contribution is -0.140. The quantitative estimate of drug-likeness (QED) is 0.148. The van der Waals surface area contributed by atoms with E-state index in [-0.39, 0.29) is 24.9 Å². The Bertz CT molecular complexity index is 1210. The molecular formula is C28H43N5O8S. The van der Waals surface area contributed by atoms with Crippen molar-refractivity contribution in [2.75, 3.05) is 19.6 Å². The van der Waals surface area contributed by atoms with Gasteiger partial charge < -0.3 is 25.6 Å². The number of hydrogen-bond acceptors (Lipinski definition) is 8. The van der Waals surface area contributed by atoms with Gasteiger partial charge in [0.25, 0.3) is 0 Å². The van der Waals surface area contributed by atoms with Crippen LogP contribution in [0.2, 0.25) is 0 Å². The maximum absolute atomic E-state index is 13.5. The molecular weight excluding hydrogens is 566 g/mol. The second-order valence-electron chi connectivity index (χ2n) is 12.1. The average molecular weight is 610 g/mol. The molecule has 5 amide bonds. The predicted molar refractivity (Wildman–Crippen MR) is 154 cm³/mol. The molecule has 1 heterocycles. The lowest BCUT2D eigenvalue weighted by Gasteiger charge is -2.32. The number of carbonyl (C=O) groups is 5. The van der Waals surface area contributed by atoms with Crippen LogP contribution in [0.4, 0.5) is 4.79 Å². The lowest BCUT2D eigenvalue weighted by atomic mass is 10.1. The van der Waals surface area contributed by atoms with Crippen molar-refractivity contribution in [2.24, 2.45) is 17.6 Å². The van der Waals surface area contributed by atoms with Gasteiger partial charge in [0.15, 0.2) is 0 Å². The zero-order valence-corrected chi connectivity index (χ0v) is 25.4. The third-order valence-corrected chi connectivity index (χ3v) is 9.14. The molecule has 42 heavy (non-hydrogen) atoms. The van der Waals surface area contributed by atoms with Gasteiger partial charge in [0, 0.05) is 19.0 Å². The monoisotopic (exact) mass is 609 g/mol. The Morgan fingerprint density at radius 2 is 1.86 bits per heavy atom. The van der Waals surface area contributed by atoms with Crippen molar-refractivity contribution in [1.82, 2.24) is 19.8 Å². The van der Waals surface area contributed by atoms with E-state index in [0.29, 0.717) is 51.5 Å². The summed E-state index contributed by atoms with van der Waals surface area (Å²) >= 11 is 0. The summed E-state index contributed by atoms with van der Waals surface area (Å²) in [4.78, 5) is 65.7. The highest BCUT2D eigenvalue weighted by Gasteiger charge is 2.45. The molecule has 0 aromatic heterocycles. The molecule has 234 valence electrons. The molecule has 13 nitrogen and oxygen atoms in total. The molecule has 3 aliphatic rings. The number of alkyl carbamates (subject to hydrolysis) is 1. The molecule has 0 spiro atoms. The first-order chi connectivity index (χ1) is 19.6. The van der Waals surface area contributed by atoms with E-state index in [2.05, 4.69) is 16.6 Å². The minimum Gasteiger partial charge on any atom is -0.444 e. The van der Waals surface area contributed by atoms with Gasteiger partial charge in [0.1, 0.15) is 17.7 Å². The molecule has 2 saturated carbocycles. The van der Waals surface area contributed by atoms with Gasteiger partial charge in [-0.1, -0.05) is 18.7 Å². The van der Waals surface area contributed by atoms with E-state index >= 15 is 0 Å². The predicted octanol–water partition coefficient (Wildman–Crippen LogP) is 0.952. The van der Waals surface area contributed by atoms with Crippen LogP contribution in [0.3, 0.4) is 0 Å². The van der Waals surface area contributed by atoms with Gasteiger partial charge >= 0.3 is 6.09 Å². The molecule has 1 unspecified atom stereocenters. The van der Waals surface area contributed by atoms with Crippen LogP contribution >= 0.6 is 0 Å². The first-order valence-corrected chi connectivity index (χ1v) is 15.9. The van der Waals surface area contributed by atoms with E-state index in [0.717, 1.165) is 6.08 Å². The number of likely N-dealkylation sites (tertiary alicyclic amines) is 1. The Hall–Kier alpha value is -3.42. The highest BCUT2D eigenvalue weighted by molar-refractivity contribution is 7.90. The van der Waals surface area contributed by atoms with E-state index in [4.69, 9.17) is 10.5 Å². The zero-order chi connectivity index (χ0) is 31.2. The molecule has 0 aromatic rings. The van der Waals surface area contributed by atoms with Crippen molar-refractivity contribution in [3.63, 3.8) is 0 Å². The second kappa shape index (κ2) is 13.7. The minimum absolute atomic E-state index is 0.0380. The number of sulfonamides is 1. The number of carbonyl (C=O) groups excluding carboxylic acids is 5. The standard InChI is InChI=1S/C28H43N5O8S/c1-5-23(34)32(14-8-6-7-10-18-16-20(18)25(36)31-42(39,40)19-12-13-19)17-21(30-27(38)41-28(2,3)4)26(37)33-15-9-11-22(33)24(29)35/h5,7,10,18-22H,1,6,8-9,11-17H2,2-4H3,(H2,29,35)(H,30,38)(H,31,36)/b10-7-/t18-,20+,21+,22?/m1/s1. The third-order valence-electron chi connectivity index (χ3n) is 7.31. The molecule has 4 N–H and O–H groups in total. The number of nitrogens with two attached hydrogens (primary N) is 1. The molecule has 0 radical (unpaired) electrons. The van der Waals surface area contributed by atoms with Crippen molar-refractivity contribution in [3.8, 4) is 0 Å². The van der Waals surface area contributed by atoms with Crippen molar-refractivity contribution < 1.29 is 37.1 Å². The van der Waals surface area contributed by atoms with Crippen LogP contribution in [0.15, 0.2) is 24.8 Å². The van der Waals surface area contributed by atoms with E-state index in [1.165, 1.54) is 9.80 Å². The average Bonchev–Trinajstić information content (AvgIpc) is 3.82. The van der Waals surface area contributed by atoms with Crippen LogP contribution in [0, 0.1) is 11.8 Å². The van der Waals surface area contributed by atoms with Crippen LogP contribution in [0.25, 0.3) is 0 Å². The molecule has 3 fully saturated rings. The summed E-state index contributed by atoms with van der Waals surface area (Å²) in [6.07, 6.45) is 7.85. The second-order valence-corrected chi connectivity index (χ2v) is 14.0. The van der Waals surface area contributed by atoms with Gasteiger partial charge in [-0.25, -0.2) is 13.2 Å². The molecule has 0 aromatic carbocycles. The maximum atomic E-state index is 13.5. The number of unbranched alkanes of at least 4 members (excludes halogenated alkanes) is 1. The molecule has 3 rings (SSSR count). The van der Waals surface area contributed by atoms with E-state index in [1.54, 1.807) is 20.8 Å². The van der Waals surface area contributed by atoms with E-state index in [9.17, 15) is 32.4 Å². The summed E-state index contributed by atoms with van der Waals surface area (Å²) in [6, 6.07) is -1.98. The number of primary amides is 1. The lowest BCUT2D eigenvalue weighted by Crippen LogP contribution is -2.57. The van der Waals surface area contributed by atoms with Gasteiger partial charge in [0.05, 0.1) is 11.8 Å². The number of amides is 5. The topological polar surface area (TPSA) is 185 Å². The third kappa shape index (κ3) is 9.57.